The predicted octanol–water partition coefficient (Wildman–Crippen LogP) is 3.34. The molecule has 24 heavy (non-hydrogen) atoms. The van der Waals surface area contributed by atoms with Crippen molar-refractivity contribution >= 4 is 5.96 Å². The molecule has 2 saturated heterocycles. The van der Waals surface area contributed by atoms with Crippen LogP contribution in [0.1, 0.15) is 65.2 Å². The summed E-state index contributed by atoms with van der Waals surface area (Å²) in [6, 6.07) is 0. The largest absolute Gasteiger partial charge is 0.357 e. The minimum Gasteiger partial charge on any atom is -0.357 e. The number of hydrogen-bond acceptors (Lipinski definition) is 2. The van der Waals surface area contributed by atoms with Crippen molar-refractivity contribution in [2.24, 2.45) is 16.3 Å². The van der Waals surface area contributed by atoms with Crippen molar-refractivity contribution in [3.05, 3.63) is 0 Å². The molecule has 1 atom stereocenters. The van der Waals surface area contributed by atoms with Crippen molar-refractivity contribution < 1.29 is 0 Å². The summed E-state index contributed by atoms with van der Waals surface area (Å²) in [6.45, 7) is 12.9. The maximum Gasteiger partial charge on any atom is 0.193 e. The Morgan fingerprint density at radius 1 is 1.08 bits per heavy atom. The molecule has 0 bridgehead atoms. The number of guanidine groups is 1. The number of piperidine rings is 1. The van der Waals surface area contributed by atoms with E-state index in [0.717, 1.165) is 19.0 Å². The third-order valence-electron chi connectivity index (χ3n) is 6.31. The molecule has 0 spiro atoms. The van der Waals surface area contributed by atoms with Crippen LogP contribution in [0.15, 0.2) is 4.99 Å². The number of nitrogens with zero attached hydrogens (tertiary/aromatic N) is 3. The number of rotatable bonds is 5. The Morgan fingerprint density at radius 2 is 1.83 bits per heavy atom. The van der Waals surface area contributed by atoms with Gasteiger partial charge in [-0.2, -0.15) is 0 Å². The van der Waals surface area contributed by atoms with E-state index in [1.807, 2.05) is 0 Å². The van der Waals surface area contributed by atoms with E-state index in [2.05, 4.69) is 29.0 Å². The standard InChI is InChI=1S/C20H38N4/c1-3-21-19(22-17-20(2)10-5-6-11-20)24-14-9-18(16-24)15-23-12-7-4-8-13-23/h18H,3-17H2,1-2H3,(H,21,22). The zero-order valence-corrected chi connectivity index (χ0v) is 16.0. The zero-order chi connectivity index (χ0) is 16.8. The van der Waals surface area contributed by atoms with Gasteiger partial charge in [0.1, 0.15) is 0 Å². The van der Waals surface area contributed by atoms with E-state index in [-0.39, 0.29) is 0 Å². The van der Waals surface area contributed by atoms with Gasteiger partial charge in [0.2, 0.25) is 0 Å². The summed E-state index contributed by atoms with van der Waals surface area (Å²) in [5, 5.41) is 3.55. The Bertz CT molecular complexity index is 408. The second-order valence-electron chi connectivity index (χ2n) is 8.65. The van der Waals surface area contributed by atoms with Crippen LogP contribution in [0.25, 0.3) is 0 Å². The van der Waals surface area contributed by atoms with Crippen molar-refractivity contribution in [3.63, 3.8) is 0 Å². The third kappa shape index (κ3) is 4.87. The molecule has 4 heteroatoms. The maximum atomic E-state index is 5.05. The molecular weight excluding hydrogens is 296 g/mol. The SMILES string of the molecule is CCNC(=NCC1(C)CCCC1)N1CCC(CN2CCCCC2)C1. The second kappa shape index (κ2) is 8.55. The van der Waals surface area contributed by atoms with Crippen LogP contribution in [0.3, 0.4) is 0 Å². The van der Waals surface area contributed by atoms with Gasteiger partial charge < -0.3 is 15.1 Å². The van der Waals surface area contributed by atoms with Crippen LogP contribution in [0, 0.1) is 11.3 Å². The molecule has 1 unspecified atom stereocenters. The highest BCUT2D eigenvalue weighted by molar-refractivity contribution is 5.80. The van der Waals surface area contributed by atoms with E-state index < -0.39 is 0 Å². The molecule has 0 radical (unpaired) electrons. The van der Waals surface area contributed by atoms with Crippen LogP contribution in [0.2, 0.25) is 0 Å². The molecule has 4 nitrogen and oxygen atoms in total. The molecular formula is C20H38N4. The van der Waals surface area contributed by atoms with Gasteiger partial charge in [-0.3, -0.25) is 4.99 Å². The number of aliphatic imine (C=N–C) groups is 1. The Hall–Kier alpha value is -0.770. The molecule has 0 amide bonds. The average Bonchev–Trinajstić information content (AvgIpc) is 3.22. The molecule has 3 aliphatic rings. The molecule has 1 aliphatic carbocycles. The molecule has 2 aliphatic heterocycles. The van der Waals surface area contributed by atoms with Crippen LogP contribution < -0.4 is 5.32 Å². The van der Waals surface area contributed by atoms with Crippen molar-refractivity contribution in [3.8, 4) is 0 Å². The van der Waals surface area contributed by atoms with E-state index in [1.165, 1.54) is 90.0 Å². The van der Waals surface area contributed by atoms with Gasteiger partial charge in [-0.1, -0.05) is 26.2 Å². The predicted molar refractivity (Wildman–Crippen MR) is 103 cm³/mol. The highest BCUT2D eigenvalue weighted by Gasteiger charge is 2.30. The lowest BCUT2D eigenvalue weighted by atomic mass is 9.89. The smallest absolute Gasteiger partial charge is 0.193 e. The molecule has 0 aromatic rings. The molecule has 3 fully saturated rings. The lowest BCUT2D eigenvalue weighted by molar-refractivity contribution is 0.198. The maximum absolute atomic E-state index is 5.05. The summed E-state index contributed by atoms with van der Waals surface area (Å²) in [5.74, 6) is 2.00. The number of likely N-dealkylation sites (tertiary alicyclic amines) is 2. The minimum atomic E-state index is 0.452. The summed E-state index contributed by atoms with van der Waals surface area (Å²) in [4.78, 5) is 10.3. The van der Waals surface area contributed by atoms with E-state index in [0.29, 0.717) is 5.41 Å². The highest BCUT2D eigenvalue weighted by atomic mass is 15.3. The van der Waals surface area contributed by atoms with Crippen LogP contribution in [0.4, 0.5) is 0 Å². The van der Waals surface area contributed by atoms with Crippen molar-refractivity contribution in [1.82, 2.24) is 15.1 Å². The summed E-state index contributed by atoms with van der Waals surface area (Å²) >= 11 is 0. The molecule has 0 aromatic carbocycles. The molecule has 2 heterocycles. The molecule has 138 valence electrons. The van der Waals surface area contributed by atoms with Gasteiger partial charge in [-0.15, -0.1) is 0 Å². The van der Waals surface area contributed by atoms with Crippen LogP contribution in [-0.4, -0.2) is 61.6 Å². The van der Waals surface area contributed by atoms with Gasteiger partial charge in [0.15, 0.2) is 5.96 Å². The molecule has 3 rings (SSSR count). The van der Waals surface area contributed by atoms with Gasteiger partial charge in [0, 0.05) is 32.7 Å². The van der Waals surface area contributed by atoms with Crippen molar-refractivity contribution in [2.45, 2.75) is 65.2 Å². The number of nitrogens with one attached hydrogen (secondary N) is 1. The normalized spacial score (nSPS) is 28.5. The first-order chi connectivity index (χ1) is 11.7. The molecule has 1 N–H and O–H groups in total. The van der Waals surface area contributed by atoms with Gasteiger partial charge in [-0.05, 0) is 63.5 Å². The summed E-state index contributed by atoms with van der Waals surface area (Å²) in [5.41, 5.74) is 0.452. The van der Waals surface area contributed by atoms with Gasteiger partial charge in [-0.25, -0.2) is 0 Å². The van der Waals surface area contributed by atoms with Crippen LogP contribution in [0.5, 0.6) is 0 Å². The van der Waals surface area contributed by atoms with E-state index >= 15 is 0 Å². The van der Waals surface area contributed by atoms with Crippen molar-refractivity contribution in [1.29, 1.82) is 0 Å². The Balaban J connectivity index is 1.52. The average molecular weight is 335 g/mol. The first kappa shape index (κ1) is 18.0. The molecule has 0 aromatic heterocycles. The lowest BCUT2D eigenvalue weighted by Gasteiger charge is -2.29. The molecule has 1 saturated carbocycles. The number of hydrogen-bond donors (Lipinski definition) is 1. The Morgan fingerprint density at radius 3 is 2.54 bits per heavy atom. The van der Waals surface area contributed by atoms with Gasteiger partial charge in [0.25, 0.3) is 0 Å². The second-order valence-corrected chi connectivity index (χ2v) is 8.65. The lowest BCUT2D eigenvalue weighted by Crippen LogP contribution is -2.41. The van der Waals surface area contributed by atoms with E-state index in [1.54, 1.807) is 0 Å². The van der Waals surface area contributed by atoms with E-state index in [9.17, 15) is 0 Å². The highest BCUT2D eigenvalue weighted by Crippen LogP contribution is 2.37. The van der Waals surface area contributed by atoms with Crippen LogP contribution >= 0.6 is 0 Å². The van der Waals surface area contributed by atoms with Gasteiger partial charge in [0.05, 0.1) is 0 Å². The van der Waals surface area contributed by atoms with Crippen molar-refractivity contribution in [2.75, 3.05) is 45.8 Å². The third-order valence-corrected chi connectivity index (χ3v) is 6.31. The Labute approximate surface area is 149 Å². The monoisotopic (exact) mass is 334 g/mol. The van der Waals surface area contributed by atoms with Crippen LogP contribution in [-0.2, 0) is 0 Å². The first-order valence-corrected chi connectivity index (χ1v) is 10.4. The first-order valence-electron chi connectivity index (χ1n) is 10.4. The zero-order valence-electron chi connectivity index (χ0n) is 16.0. The fourth-order valence-corrected chi connectivity index (χ4v) is 4.76. The fourth-order valence-electron chi connectivity index (χ4n) is 4.76. The topological polar surface area (TPSA) is 30.9 Å². The fraction of sp³-hybridized carbons (Fsp3) is 0.950. The summed E-state index contributed by atoms with van der Waals surface area (Å²) < 4.78 is 0. The quantitative estimate of drug-likeness (QED) is 0.618. The minimum absolute atomic E-state index is 0.452. The summed E-state index contributed by atoms with van der Waals surface area (Å²) in [7, 11) is 0. The Kier molecular flexibility index (Phi) is 6.43. The van der Waals surface area contributed by atoms with E-state index in [4.69, 9.17) is 4.99 Å². The van der Waals surface area contributed by atoms with Gasteiger partial charge >= 0.3 is 0 Å². The summed E-state index contributed by atoms with van der Waals surface area (Å²) in [6.07, 6.45) is 11.1.